The van der Waals surface area contributed by atoms with Crippen LogP contribution in [0.3, 0.4) is 0 Å². The maximum Gasteiger partial charge on any atom is 0.342 e. The van der Waals surface area contributed by atoms with Gasteiger partial charge in [-0.2, -0.15) is 0 Å². The summed E-state index contributed by atoms with van der Waals surface area (Å²) in [5, 5.41) is 0. The van der Waals surface area contributed by atoms with Crippen LogP contribution in [0.15, 0.2) is 0 Å². The first-order valence-electron chi connectivity index (χ1n) is 9.81. The number of aromatic nitrogens is 2. The molecule has 1 saturated carbocycles. The second kappa shape index (κ2) is 7.85. The normalized spacial score (nSPS) is 19.7. The largest absolute Gasteiger partial charge is 0.465 e. The van der Waals surface area contributed by atoms with E-state index in [4.69, 9.17) is 4.74 Å². The summed E-state index contributed by atoms with van der Waals surface area (Å²) in [5.74, 6) is -0.200. The Morgan fingerprint density at radius 3 is 2.36 bits per heavy atom. The van der Waals surface area contributed by atoms with E-state index in [9.17, 15) is 14.4 Å². The van der Waals surface area contributed by atoms with Crippen LogP contribution in [0.5, 0.6) is 0 Å². The topological polar surface area (TPSA) is 92.7 Å². The SMILES string of the molecule is COC(=O)c1c(C(=O)N2CCN(C(=O)C3CC3)C(C)C2)nc(C)nc1C(C)C. The molecule has 1 aromatic heterocycles. The minimum absolute atomic E-state index is 0.0608. The lowest BCUT2D eigenvalue weighted by molar-refractivity contribution is -0.136. The van der Waals surface area contributed by atoms with E-state index in [1.54, 1.807) is 11.8 Å². The van der Waals surface area contributed by atoms with Gasteiger partial charge < -0.3 is 14.5 Å². The highest BCUT2D eigenvalue weighted by atomic mass is 16.5. The molecule has 1 saturated heterocycles. The molecular formula is C20H28N4O4. The molecule has 1 aliphatic carbocycles. The predicted molar refractivity (Wildman–Crippen MR) is 102 cm³/mol. The Morgan fingerprint density at radius 2 is 1.82 bits per heavy atom. The summed E-state index contributed by atoms with van der Waals surface area (Å²) in [6.45, 7) is 8.81. The van der Waals surface area contributed by atoms with Crippen molar-refractivity contribution in [2.45, 2.75) is 52.5 Å². The molecule has 2 aliphatic rings. The van der Waals surface area contributed by atoms with Crippen molar-refractivity contribution in [1.29, 1.82) is 0 Å². The Balaban J connectivity index is 1.88. The molecule has 0 radical (unpaired) electrons. The fourth-order valence-corrected chi connectivity index (χ4v) is 3.65. The van der Waals surface area contributed by atoms with Crippen molar-refractivity contribution < 1.29 is 19.1 Å². The van der Waals surface area contributed by atoms with Gasteiger partial charge in [0.05, 0.1) is 12.8 Å². The van der Waals surface area contributed by atoms with E-state index in [0.717, 1.165) is 12.8 Å². The molecule has 0 spiro atoms. The molecule has 0 aromatic carbocycles. The summed E-state index contributed by atoms with van der Waals surface area (Å²) in [6, 6.07) is -0.0696. The Kier molecular flexibility index (Phi) is 5.67. The molecule has 1 aliphatic heterocycles. The fraction of sp³-hybridized carbons (Fsp3) is 0.650. The van der Waals surface area contributed by atoms with E-state index in [1.165, 1.54) is 7.11 Å². The second-order valence-electron chi connectivity index (χ2n) is 7.93. The van der Waals surface area contributed by atoms with Gasteiger partial charge in [0.25, 0.3) is 5.91 Å². The van der Waals surface area contributed by atoms with Crippen LogP contribution in [0.25, 0.3) is 0 Å². The molecule has 0 bridgehead atoms. The van der Waals surface area contributed by atoms with E-state index >= 15 is 0 Å². The number of carbonyl (C=O) groups excluding carboxylic acids is 3. The lowest BCUT2D eigenvalue weighted by Gasteiger charge is -2.40. The Labute approximate surface area is 165 Å². The second-order valence-corrected chi connectivity index (χ2v) is 7.93. The van der Waals surface area contributed by atoms with E-state index in [0.29, 0.717) is 31.2 Å². The van der Waals surface area contributed by atoms with Gasteiger partial charge in [0, 0.05) is 31.6 Å². The van der Waals surface area contributed by atoms with Crippen LogP contribution in [0.1, 0.15) is 71.9 Å². The predicted octanol–water partition coefficient (Wildman–Crippen LogP) is 1.78. The first kappa shape index (κ1) is 20.2. The van der Waals surface area contributed by atoms with Crippen LogP contribution in [0.2, 0.25) is 0 Å². The van der Waals surface area contributed by atoms with Gasteiger partial charge >= 0.3 is 5.97 Å². The number of piperazine rings is 1. The Bertz CT molecular complexity index is 804. The standard InChI is InChI=1S/C20H28N4O4/c1-11(2)16-15(20(27)28-5)17(22-13(4)21-16)19(26)23-8-9-24(12(3)10-23)18(25)14-6-7-14/h11-12,14H,6-10H2,1-5H3. The van der Waals surface area contributed by atoms with Gasteiger partial charge in [-0.15, -0.1) is 0 Å². The highest BCUT2D eigenvalue weighted by molar-refractivity contribution is 6.04. The number of ether oxygens (including phenoxy) is 1. The fourth-order valence-electron chi connectivity index (χ4n) is 3.65. The van der Waals surface area contributed by atoms with E-state index < -0.39 is 5.97 Å². The quantitative estimate of drug-likeness (QED) is 0.730. The molecule has 1 aromatic rings. The molecule has 2 amide bonds. The van der Waals surface area contributed by atoms with Crippen LogP contribution < -0.4 is 0 Å². The van der Waals surface area contributed by atoms with Crippen LogP contribution in [0, 0.1) is 12.8 Å². The number of hydrogen-bond acceptors (Lipinski definition) is 6. The van der Waals surface area contributed by atoms with Crippen molar-refractivity contribution in [3.63, 3.8) is 0 Å². The monoisotopic (exact) mass is 388 g/mol. The van der Waals surface area contributed by atoms with Gasteiger partial charge in [0.15, 0.2) is 0 Å². The van der Waals surface area contributed by atoms with Gasteiger partial charge in [-0.25, -0.2) is 14.8 Å². The minimum Gasteiger partial charge on any atom is -0.465 e. The van der Waals surface area contributed by atoms with Crippen molar-refractivity contribution in [2.24, 2.45) is 5.92 Å². The minimum atomic E-state index is -0.609. The Morgan fingerprint density at radius 1 is 1.14 bits per heavy atom. The van der Waals surface area contributed by atoms with Gasteiger partial charge in [-0.3, -0.25) is 9.59 Å². The number of methoxy groups -OCH3 is 1. The molecule has 3 rings (SSSR count). The first-order chi connectivity index (χ1) is 13.2. The number of nitrogens with zero attached hydrogens (tertiary/aromatic N) is 4. The van der Waals surface area contributed by atoms with E-state index in [1.807, 2.05) is 25.7 Å². The molecule has 0 N–H and O–H groups in total. The molecule has 2 fully saturated rings. The zero-order valence-corrected chi connectivity index (χ0v) is 17.2. The zero-order chi connectivity index (χ0) is 20.6. The number of esters is 1. The summed E-state index contributed by atoms with van der Waals surface area (Å²) in [5.41, 5.74) is 0.729. The van der Waals surface area contributed by atoms with Gasteiger partial charge in [0.1, 0.15) is 17.1 Å². The van der Waals surface area contributed by atoms with Crippen molar-refractivity contribution in [3.8, 4) is 0 Å². The molecule has 152 valence electrons. The lowest BCUT2D eigenvalue weighted by Crippen LogP contribution is -2.56. The van der Waals surface area contributed by atoms with Crippen LogP contribution >= 0.6 is 0 Å². The smallest absolute Gasteiger partial charge is 0.342 e. The van der Waals surface area contributed by atoms with Crippen molar-refractivity contribution in [2.75, 3.05) is 26.7 Å². The van der Waals surface area contributed by atoms with Crippen LogP contribution in [0.4, 0.5) is 0 Å². The average Bonchev–Trinajstić information content (AvgIpc) is 3.50. The van der Waals surface area contributed by atoms with Crippen molar-refractivity contribution in [3.05, 3.63) is 22.8 Å². The lowest BCUT2D eigenvalue weighted by atomic mass is 10.0. The molecular weight excluding hydrogens is 360 g/mol. The Hall–Kier alpha value is -2.51. The molecule has 28 heavy (non-hydrogen) atoms. The van der Waals surface area contributed by atoms with Gasteiger partial charge in [-0.1, -0.05) is 13.8 Å². The summed E-state index contributed by atoms with van der Waals surface area (Å²) in [4.78, 5) is 50.3. The summed E-state index contributed by atoms with van der Waals surface area (Å²) >= 11 is 0. The molecule has 8 nitrogen and oxygen atoms in total. The van der Waals surface area contributed by atoms with Crippen molar-refractivity contribution in [1.82, 2.24) is 19.8 Å². The molecule has 8 heteroatoms. The molecule has 2 heterocycles. The van der Waals surface area contributed by atoms with Gasteiger partial charge in [-0.05, 0) is 32.6 Å². The van der Waals surface area contributed by atoms with Crippen LogP contribution in [-0.4, -0.2) is 70.3 Å². The number of carbonyl (C=O) groups is 3. The van der Waals surface area contributed by atoms with Gasteiger partial charge in [0.2, 0.25) is 5.91 Å². The number of amides is 2. The number of rotatable bonds is 4. The molecule has 1 unspecified atom stereocenters. The highest BCUT2D eigenvalue weighted by Gasteiger charge is 2.39. The highest BCUT2D eigenvalue weighted by Crippen LogP contribution is 2.32. The maximum absolute atomic E-state index is 13.3. The average molecular weight is 388 g/mol. The third kappa shape index (κ3) is 3.86. The van der Waals surface area contributed by atoms with Crippen molar-refractivity contribution >= 4 is 17.8 Å². The first-order valence-corrected chi connectivity index (χ1v) is 9.81. The van der Waals surface area contributed by atoms with E-state index in [2.05, 4.69) is 9.97 Å². The summed E-state index contributed by atoms with van der Waals surface area (Å²) < 4.78 is 4.91. The number of aryl methyl sites for hydroxylation is 1. The van der Waals surface area contributed by atoms with E-state index in [-0.39, 0.29) is 40.9 Å². The van der Waals surface area contributed by atoms with Crippen LogP contribution in [-0.2, 0) is 9.53 Å². The molecule has 1 atom stereocenters. The zero-order valence-electron chi connectivity index (χ0n) is 17.2. The summed E-state index contributed by atoms with van der Waals surface area (Å²) in [6.07, 6.45) is 1.93. The third-order valence-corrected chi connectivity index (χ3v) is 5.31. The number of hydrogen-bond donors (Lipinski definition) is 0. The third-order valence-electron chi connectivity index (χ3n) is 5.31. The summed E-state index contributed by atoms with van der Waals surface area (Å²) in [7, 11) is 1.28. The maximum atomic E-state index is 13.3.